The Balaban J connectivity index is 2.66. The molecular formula is C8H6BClO3. The second kappa shape index (κ2) is 4.78. The van der Waals surface area contributed by atoms with E-state index in [1.165, 1.54) is 0 Å². The molecule has 0 aliphatic heterocycles. The number of hydrogen-bond acceptors (Lipinski definition) is 3. The number of benzene rings is 1. The normalized spacial score (nSPS) is 8.54. The quantitative estimate of drug-likeness (QED) is 0.512. The zero-order valence-corrected chi connectivity index (χ0v) is 7.32. The summed E-state index contributed by atoms with van der Waals surface area (Å²) >= 11 is 5.68. The van der Waals surface area contributed by atoms with E-state index in [1.807, 2.05) is 0 Å². The van der Waals surface area contributed by atoms with Crippen LogP contribution < -0.4 is 0 Å². The van der Waals surface area contributed by atoms with Crippen molar-refractivity contribution in [2.45, 2.75) is 0 Å². The molecule has 0 atom stereocenters. The number of hydrogen-bond donors (Lipinski definition) is 2. The molecule has 0 aromatic heterocycles. The second-order valence-electron chi connectivity index (χ2n) is 2.18. The molecule has 66 valence electrons. The summed E-state index contributed by atoms with van der Waals surface area (Å²) in [6.07, 6.45) is 2.12. The summed E-state index contributed by atoms with van der Waals surface area (Å²) in [5.74, 6) is 2.54. The highest BCUT2D eigenvalue weighted by Gasteiger charge is 2.06. The van der Waals surface area contributed by atoms with E-state index < -0.39 is 7.32 Å². The van der Waals surface area contributed by atoms with Crippen LogP contribution in [-0.2, 0) is 4.65 Å². The van der Waals surface area contributed by atoms with Crippen LogP contribution in [0.1, 0.15) is 5.56 Å². The third-order valence-corrected chi connectivity index (χ3v) is 1.42. The van der Waals surface area contributed by atoms with Gasteiger partial charge < -0.3 is 14.7 Å². The summed E-state index contributed by atoms with van der Waals surface area (Å²) in [6.45, 7) is 0. The molecule has 13 heavy (non-hydrogen) atoms. The minimum absolute atomic E-state index is 0.566. The number of halogens is 1. The van der Waals surface area contributed by atoms with Gasteiger partial charge in [-0.1, -0.05) is 17.7 Å². The van der Waals surface area contributed by atoms with Gasteiger partial charge in [-0.15, -0.1) is 0 Å². The molecule has 1 aromatic carbocycles. The van der Waals surface area contributed by atoms with E-state index in [0.29, 0.717) is 10.6 Å². The zero-order chi connectivity index (χ0) is 9.68. The Bertz CT molecular complexity index is 343. The van der Waals surface area contributed by atoms with Gasteiger partial charge in [-0.05, 0) is 24.1 Å². The van der Waals surface area contributed by atoms with Crippen molar-refractivity contribution in [2.24, 2.45) is 0 Å². The Morgan fingerprint density at radius 1 is 1.38 bits per heavy atom. The molecule has 1 aromatic rings. The lowest BCUT2D eigenvalue weighted by Crippen LogP contribution is -2.12. The van der Waals surface area contributed by atoms with Crippen LogP contribution in [0.4, 0.5) is 0 Å². The molecule has 0 saturated heterocycles. The van der Waals surface area contributed by atoms with E-state index in [4.69, 9.17) is 21.6 Å². The molecule has 5 heteroatoms. The van der Waals surface area contributed by atoms with Gasteiger partial charge in [0.25, 0.3) is 0 Å². The van der Waals surface area contributed by atoms with Crippen molar-refractivity contribution >= 4 is 18.9 Å². The Morgan fingerprint density at radius 2 is 2.15 bits per heavy atom. The third-order valence-electron chi connectivity index (χ3n) is 1.18. The Hall–Kier alpha value is -1.15. The van der Waals surface area contributed by atoms with Crippen molar-refractivity contribution in [2.75, 3.05) is 0 Å². The van der Waals surface area contributed by atoms with Crippen molar-refractivity contribution in [3.8, 4) is 12.0 Å². The minimum atomic E-state index is -1.87. The Kier molecular flexibility index (Phi) is 3.65. The van der Waals surface area contributed by atoms with Crippen LogP contribution in [0.5, 0.6) is 0 Å². The molecule has 2 N–H and O–H groups in total. The highest BCUT2D eigenvalue weighted by molar-refractivity contribution is 6.33. The van der Waals surface area contributed by atoms with Gasteiger partial charge >= 0.3 is 7.32 Å². The monoisotopic (exact) mass is 196 g/mol. The standard InChI is InChI=1S/C8H6BClO3/c10-8-3-1-2-7(6-8)4-5-13-9(11)12/h1-3,6,11-12H. The van der Waals surface area contributed by atoms with Crippen LogP contribution in [-0.4, -0.2) is 17.4 Å². The molecular weight excluding hydrogens is 190 g/mol. The van der Waals surface area contributed by atoms with Crippen LogP contribution in [0.3, 0.4) is 0 Å². The van der Waals surface area contributed by atoms with Gasteiger partial charge in [0.05, 0.1) is 6.11 Å². The molecule has 0 aliphatic rings. The molecule has 0 saturated carbocycles. The topological polar surface area (TPSA) is 49.7 Å². The third kappa shape index (κ3) is 3.86. The van der Waals surface area contributed by atoms with Crippen molar-refractivity contribution in [3.63, 3.8) is 0 Å². The lowest BCUT2D eigenvalue weighted by molar-refractivity contribution is 0.271. The summed E-state index contributed by atoms with van der Waals surface area (Å²) in [5, 5.41) is 17.1. The first-order chi connectivity index (χ1) is 6.18. The fraction of sp³-hybridized carbons (Fsp3) is 0. The van der Waals surface area contributed by atoms with Gasteiger partial charge in [0, 0.05) is 10.6 Å². The van der Waals surface area contributed by atoms with Crippen LogP contribution >= 0.6 is 11.6 Å². The van der Waals surface area contributed by atoms with Crippen molar-refractivity contribution in [1.29, 1.82) is 0 Å². The molecule has 0 amide bonds. The Labute approximate surface area is 81.1 Å². The Morgan fingerprint density at radius 3 is 2.77 bits per heavy atom. The lowest BCUT2D eigenvalue weighted by Gasteiger charge is -1.91. The van der Waals surface area contributed by atoms with E-state index in [1.54, 1.807) is 24.3 Å². The minimum Gasteiger partial charge on any atom is -0.462 e. The van der Waals surface area contributed by atoms with Crippen LogP contribution in [0, 0.1) is 12.0 Å². The molecule has 0 spiro atoms. The van der Waals surface area contributed by atoms with Gasteiger partial charge in [-0.2, -0.15) is 0 Å². The molecule has 0 bridgehead atoms. The van der Waals surface area contributed by atoms with Gasteiger partial charge in [0.2, 0.25) is 0 Å². The summed E-state index contributed by atoms with van der Waals surface area (Å²) in [7, 11) is -1.87. The van der Waals surface area contributed by atoms with Crippen molar-refractivity contribution in [1.82, 2.24) is 0 Å². The summed E-state index contributed by atoms with van der Waals surface area (Å²) in [5.41, 5.74) is 0.646. The maximum Gasteiger partial charge on any atom is 0.716 e. The summed E-state index contributed by atoms with van der Waals surface area (Å²) in [6, 6.07) is 6.82. The largest absolute Gasteiger partial charge is 0.716 e. The van der Waals surface area contributed by atoms with E-state index in [2.05, 4.69) is 16.7 Å². The maximum atomic E-state index is 8.29. The molecule has 0 radical (unpaired) electrons. The van der Waals surface area contributed by atoms with Crippen molar-refractivity contribution < 1.29 is 14.7 Å². The van der Waals surface area contributed by atoms with Crippen molar-refractivity contribution in [3.05, 3.63) is 34.9 Å². The predicted octanol–water partition coefficient (Wildman–Crippen LogP) is 0.635. The molecule has 3 nitrogen and oxygen atoms in total. The first-order valence-corrected chi connectivity index (χ1v) is 3.84. The van der Waals surface area contributed by atoms with Crippen LogP contribution in [0.15, 0.2) is 24.3 Å². The van der Waals surface area contributed by atoms with Crippen LogP contribution in [0.2, 0.25) is 5.02 Å². The average Bonchev–Trinajstić information content (AvgIpc) is 2.03. The smallest absolute Gasteiger partial charge is 0.462 e. The first kappa shape index (κ1) is 9.94. The van der Waals surface area contributed by atoms with Gasteiger partial charge in [-0.25, -0.2) is 0 Å². The maximum absolute atomic E-state index is 8.29. The van der Waals surface area contributed by atoms with Gasteiger partial charge in [-0.3, -0.25) is 0 Å². The molecule has 0 heterocycles. The highest BCUT2D eigenvalue weighted by atomic mass is 35.5. The fourth-order valence-corrected chi connectivity index (χ4v) is 0.898. The summed E-state index contributed by atoms with van der Waals surface area (Å²) in [4.78, 5) is 0. The highest BCUT2D eigenvalue weighted by Crippen LogP contribution is 2.09. The van der Waals surface area contributed by atoms with Gasteiger partial charge in [0.1, 0.15) is 0 Å². The molecule has 0 fully saturated rings. The average molecular weight is 196 g/mol. The van der Waals surface area contributed by atoms with Gasteiger partial charge in [0.15, 0.2) is 0 Å². The molecule has 0 aliphatic carbocycles. The van der Waals surface area contributed by atoms with E-state index in [0.717, 1.165) is 0 Å². The first-order valence-electron chi connectivity index (χ1n) is 3.47. The lowest BCUT2D eigenvalue weighted by atomic mass is 10.2. The van der Waals surface area contributed by atoms with E-state index >= 15 is 0 Å². The fourth-order valence-electron chi connectivity index (χ4n) is 0.707. The summed E-state index contributed by atoms with van der Waals surface area (Å²) < 4.78 is 4.19. The second-order valence-corrected chi connectivity index (χ2v) is 2.62. The predicted molar refractivity (Wildman–Crippen MR) is 49.6 cm³/mol. The van der Waals surface area contributed by atoms with E-state index in [9.17, 15) is 0 Å². The SMILES string of the molecule is OB(O)OC#Cc1cccc(Cl)c1. The zero-order valence-electron chi connectivity index (χ0n) is 6.57. The van der Waals surface area contributed by atoms with E-state index in [-0.39, 0.29) is 0 Å². The number of rotatable bonds is 1. The van der Waals surface area contributed by atoms with Crippen LogP contribution in [0.25, 0.3) is 0 Å². The molecule has 1 rings (SSSR count). The molecule has 0 unspecified atom stereocenters.